The molecule has 1 unspecified atom stereocenters. The van der Waals surface area contributed by atoms with Gasteiger partial charge in [0.25, 0.3) is 0 Å². The van der Waals surface area contributed by atoms with Crippen molar-refractivity contribution in [2.24, 2.45) is 5.41 Å². The van der Waals surface area contributed by atoms with Gasteiger partial charge in [-0.3, -0.25) is 0 Å². The molecular weight excluding hydrogens is 262 g/mol. The minimum atomic E-state index is -0.398. The molecule has 0 spiro atoms. The first-order valence-corrected chi connectivity index (χ1v) is 6.77. The number of rotatable bonds is 4. The highest BCUT2D eigenvalue weighted by molar-refractivity contribution is 6.30. The first-order chi connectivity index (χ1) is 8.89. The van der Waals surface area contributed by atoms with E-state index in [1.54, 1.807) is 0 Å². The average Bonchev–Trinajstić information content (AvgIpc) is 2.64. The Bertz CT molecular complexity index is 559. The molecule has 0 amide bonds. The molecule has 0 aromatic carbocycles. The Hall–Kier alpha value is -1.10. The van der Waals surface area contributed by atoms with Gasteiger partial charge in [0.1, 0.15) is 5.65 Å². The lowest BCUT2D eigenvalue weighted by Gasteiger charge is -2.26. The molecule has 19 heavy (non-hydrogen) atoms. The molecule has 0 saturated heterocycles. The molecule has 2 rings (SSSR count). The second-order valence-corrected chi connectivity index (χ2v) is 6.15. The molecule has 1 atom stereocenters. The van der Waals surface area contributed by atoms with E-state index < -0.39 is 6.10 Å². The predicted molar refractivity (Wildman–Crippen MR) is 77.4 cm³/mol. The number of nitrogens with zero attached hydrogens (tertiary/aromatic N) is 2. The Morgan fingerprint density at radius 1 is 1.42 bits per heavy atom. The minimum Gasteiger partial charge on any atom is -0.391 e. The van der Waals surface area contributed by atoms with Gasteiger partial charge in [0.2, 0.25) is 0 Å². The molecule has 0 fully saturated rings. The standard InChI is InChI=1S/C14H20ClN3O/c1-14(2,3)11(19)9-16-8-10-13(15)17-12-6-4-5-7-18(10)12/h4-7,11,16,19H,8-9H2,1-3H3. The van der Waals surface area contributed by atoms with Crippen LogP contribution in [-0.2, 0) is 6.54 Å². The second-order valence-electron chi connectivity index (χ2n) is 5.79. The molecule has 0 aliphatic rings. The Balaban J connectivity index is 2.04. The van der Waals surface area contributed by atoms with Crippen molar-refractivity contribution < 1.29 is 5.11 Å². The summed E-state index contributed by atoms with van der Waals surface area (Å²) in [4.78, 5) is 4.29. The fourth-order valence-corrected chi connectivity index (χ4v) is 2.05. The SMILES string of the molecule is CC(C)(C)C(O)CNCc1c(Cl)nc2ccccn12. The highest BCUT2D eigenvalue weighted by Crippen LogP contribution is 2.19. The molecule has 0 radical (unpaired) electrons. The number of fused-ring (bicyclic) bond motifs is 1. The van der Waals surface area contributed by atoms with Gasteiger partial charge in [-0.05, 0) is 17.5 Å². The molecule has 104 valence electrons. The zero-order chi connectivity index (χ0) is 14.0. The Kier molecular flexibility index (Phi) is 4.13. The van der Waals surface area contributed by atoms with E-state index >= 15 is 0 Å². The van der Waals surface area contributed by atoms with Crippen LogP contribution in [0.25, 0.3) is 5.65 Å². The number of hydrogen-bond donors (Lipinski definition) is 2. The molecule has 0 aliphatic carbocycles. The van der Waals surface area contributed by atoms with Crippen LogP contribution in [0.4, 0.5) is 0 Å². The number of hydrogen-bond acceptors (Lipinski definition) is 3. The summed E-state index contributed by atoms with van der Waals surface area (Å²) in [7, 11) is 0. The molecular formula is C14H20ClN3O. The number of pyridine rings is 1. The van der Waals surface area contributed by atoms with Crippen molar-refractivity contribution in [2.45, 2.75) is 33.4 Å². The highest BCUT2D eigenvalue weighted by Gasteiger charge is 2.21. The molecule has 0 saturated carbocycles. The maximum Gasteiger partial charge on any atom is 0.152 e. The summed E-state index contributed by atoms with van der Waals surface area (Å²) in [5, 5.41) is 13.7. The summed E-state index contributed by atoms with van der Waals surface area (Å²) in [6.07, 6.45) is 1.54. The Morgan fingerprint density at radius 3 is 2.84 bits per heavy atom. The van der Waals surface area contributed by atoms with E-state index in [2.05, 4.69) is 10.3 Å². The van der Waals surface area contributed by atoms with Gasteiger partial charge in [0.15, 0.2) is 5.15 Å². The lowest BCUT2D eigenvalue weighted by atomic mass is 9.89. The van der Waals surface area contributed by atoms with E-state index in [-0.39, 0.29) is 5.41 Å². The van der Waals surface area contributed by atoms with Crippen LogP contribution in [0.5, 0.6) is 0 Å². The monoisotopic (exact) mass is 281 g/mol. The number of aliphatic hydroxyl groups is 1. The summed E-state index contributed by atoms with van der Waals surface area (Å²) in [5.74, 6) is 0. The second kappa shape index (κ2) is 5.49. The number of imidazole rings is 1. The van der Waals surface area contributed by atoms with Crippen molar-refractivity contribution in [1.29, 1.82) is 0 Å². The molecule has 0 aliphatic heterocycles. The van der Waals surface area contributed by atoms with Crippen molar-refractivity contribution in [2.75, 3.05) is 6.54 Å². The van der Waals surface area contributed by atoms with Crippen molar-refractivity contribution in [3.8, 4) is 0 Å². The molecule has 5 heteroatoms. The molecule has 0 bridgehead atoms. The number of halogens is 1. The van der Waals surface area contributed by atoms with E-state index in [4.69, 9.17) is 11.6 Å². The van der Waals surface area contributed by atoms with Gasteiger partial charge in [-0.2, -0.15) is 0 Å². The summed E-state index contributed by atoms with van der Waals surface area (Å²) in [5.41, 5.74) is 1.62. The smallest absolute Gasteiger partial charge is 0.152 e. The first kappa shape index (κ1) is 14.3. The lowest BCUT2D eigenvalue weighted by Crippen LogP contribution is -2.36. The quantitative estimate of drug-likeness (QED) is 0.905. The van der Waals surface area contributed by atoms with Gasteiger partial charge in [-0.15, -0.1) is 0 Å². The average molecular weight is 282 g/mol. The maximum absolute atomic E-state index is 9.98. The molecule has 2 aromatic heterocycles. The third-order valence-corrected chi connectivity index (χ3v) is 3.51. The van der Waals surface area contributed by atoms with E-state index in [1.165, 1.54) is 0 Å². The van der Waals surface area contributed by atoms with Gasteiger partial charge < -0.3 is 14.8 Å². The summed E-state index contributed by atoms with van der Waals surface area (Å²) in [6.45, 7) is 7.15. The highest BCUT2D eigenvalue weighted by atomic mass is 35.5. The van der Waals surface area contributed by atoms with Gasteiger partial charge in [-0.25, -0.2) is 4.98 Å². The maximum atomic E-state index is 9.98. The largest absolute Gasteiger partial charge is 0.391 e. The van der Waals surface area contributed by atoms with Crippen LogP contribution in [0.3, 0.4) is 0 Å². The molecule has 2 N–H and O–H groups in total. The first-order valence-electron chi connectivity index (χ1n) is 6.40. The number of aliphatic hydroxyl groups excluding tert-OH is 1. The number of nitrogens with one attached hydrogen (secondary N) is 1. The van der Waals surface area contributed by atoms with Crippen molar-refractivity contribution in [3.63, 3.8) is 0 Å². The van der Waals surface area contributed by atoms with Crippen molar-refractivity contribution in [1.82, 2.24) is 14.7 Å². The van der Waals surface area contributed by atoms with Crippen LogP contribution >= 0.6 is 11.6 Å². The summed E-state index contributed by atoms with van der Waals surface area (Å²) >= 11 is 6.14. The zero-order valence-electron chi connectivity index (χ0n) is 11.5. The van der Waals surface area contributed by atoms with Crippen LogP contribution in [-0.4, -0.2) is 27.1 Å². The molecule has 2 heterocycles. The van der Waals surface area contributed by atoms with Crippen molar-refractivity contribution in [3.05, 3.63) is 35.2 Å². The zero-order valence-corrected chi connectivity index (χ0v) is 12.3. The van der Waals surface area contributed by atoms with Gasteiger partial charge in [0, 0.05) is 19.3 Å². The Morgan fingerprint density at radius 2 is 2.16 bits per heavy atom. The van der Waals surface area contributed by atoms with E-state index in [0.29, 0.717) is 18.2 Å². The van der Waals surface area contributed by atoms with Gasteiger partial charge in [0.05, 0.1) is 11.8 Å². The van der Waals surface area contributed by atoms with E-state index in [9.17, 15) is 5.11 Å². The summed E-state index contributed by atoms with van der Waals surface area (Å²) < 4.78 is 1.96. The van der Waals surface area contributed by atoms with Crippen LogP contribution in [0.15, 0.2) is 24.4 Å². The minimum absolute atomic E-state index is 0.129. The van der Waals surface area contributed by atoms with Crippen LogP contribution in [0.2, 0.25) is 5.15 Å². The number of aromatic nitrogens is 2. The van der Waals surface area contributed by atoms with Crippen LogP contribution in [0, 0.1) is 5.41 Å². The van der Waals surface area contributed by atoms with Gasteiger partial charge >= 0.3 is 0 Å². The predicted octanol–water partition coefficient (Wildman–Crippen LogP) is 2.48. The fraction of sp³-hybridized carbons (Fsp3) is 0.500. The lowest BCUT2D eigenvalue weighted by molar-refractivity contribution is 0.0627. The topological polar surface area (TPSA) is 49.6 Å². The Labute approximate surface area is 118 Å². The van der Waals surface area contributed by atoms with E-state index in [0.717, 1.165) is 11.3 Å². The van der Waals surface area contributed by atoms with Crippen molar-refractivity contribution >= 4 is 17.2 Å². The van der Waals surface area contributed by atoms with Crippen LogP contribution in [0.1, 0.15) is 26.5 Å². The van der Waals surface area contributed by atoms with Crippen LogP contribution < -0.4 is 5.32 Å². The third kappa shape index (κ3) is 3.26. The van der Waals surface area contributed by atoms with Gasteiger partial charge in [-0.1, -0.05) is 38.4 Å². The molecule has 2 aromatic rings. The normalized spacial score (nSPS) is 13.9. The molecule has 4 nitrogen and oxygen atoms in total. The fourth-order valence-electron chi connectivity index (χ4n) is 1.81. The van der Waals surface area contributed by atoms with E-state index in [1.807, 2.05) is 49.6 Å². The summed E-state index contributed by atoms with van der Waals surface area (Å²) in [6, 6.07) is 5.79. The third-order valence-electron chi connectivity index (χ3n) is 3.21.